The fourth-order valence-electron chi connectivity index (χ4n) is 1.77. The van der Waals surface area contributed by atoms with E-state index in [1.165, 1.54) is 0 Å². The van der Waals surface area contributed by atoms with Gasteiger partial charge in [-0.1, -0.05) is 18.2 Å². The van der Waals surface area contributed by atoms with Crippen molar-refractivity contribution in [2.75, 3.05) is 5.32 Å². The van der Waals surface area contributed by atoms with Crippen molar-refractivity contribution in [2.24, 2.45) is 0 Å². The lowest BCUT2D eigenvalue weighted by molar-refractivity contribution is -0.116. The van der Waals surface area contributed by atoms with E-state index in [9.17, 15) is 9.90 Å². The summed E-state index contributed by atoms with van der Waals surface area (Å²) in [4.78, 5) is 11.8. The van der Waals surface area contributed by atoms with Crippen molar-refractivity contribution >= 4 is 11.7 Å². The lowest BCUT2D eigenvalue weighted by Gasteiger charge is -2.05. The smallest absolute Gasteiger partial charge is 0.225 e. The van der Waals surface area contributed by atoms with Crippen LogP contribution in [0, 0.1) is 13.8 Å². The van der Waals surface area contributed by atoms with Gasteiger partial charge in [0, 0.05) is 17.7 Å². The van der Waals surface area contributed by atoms with Crippen molar-refractivity contribution in [3.05, 3.63) is 41.1 Å². The van der Waals surface area contributed by atoms with Gasteiger partial charge in [0.15, 0.2) is 5.82 Å². The number of aromatic nitrogens is 2. The molecule has 1 aromatic carbocycles. The first kappa shape index (κ1) is 13.1. The Labute approximate surface area is 111 Å². The predicted molar refractivity (Wildman–Crippen MR) is 73.1 cm³/mol. The van der Waals surface area contributed by atoms with E-state index in [4.69, 9.17) is 0 Å². The fourth-order valence-corrected chi connectivity index (χ4v) is 1.77. The van der Waals surface area contributed by atoms with Crippen molar-refractivity contribution in [1.29, 1.82) is 0 Å². The second-order valence-electron chi connectivity index (χ2n) is 4.50. The van der Waals surface area contributed by atoms with Crippen LogP contribution >= 0.6 is 0 Å². The normalized spacial score (nSPS) is 10.4. The summed E-state index contributed by atoms with van der Waals surface area (Å²) in [5.41, 5.74) is 2.65. The minimum absolute atomic E-state index is 0.113. The second kappa shape index (κ2) is 5.56. The molecular weight excluding hydrogens is 242 g/mol. The van der Waals surface area contributed by atoms with Gasteiger partial charge in [-0.3, -0.25) is 9.89 Å². The van der Waals surface area contributed by atoms with E-state index < -0.39 is 0 Å². The summed E-state index contributed by atoms with van der Waals surface area (Å²) in [6, 6.07) is 7.03. The Morgan fingerprint density at radius 1 is 1.37 bits per heavy atom. The van der Waals surface area contributed by atoms with Gasteiger partial charge in [0.25, 0.3) is 0 Å². The summed E-state index contributed by atoms with van der Waals surface area (Å²) in [6.07, 6.45) is 0.809. The first-order valence-corrected chi connectivity index (χ1v) is 6.16. The van der Waals surface area contributed by atoms with Crippen LogP contribution in [0.2, 0.25) is 0 Å². The van der Waals surface area contributed by atoms with Crippen LogP contribution in [0.5, 0.6) is 5.75 Å². The van der Waals surface area contributed by atoms with Gasteiger partial charge < -0.3 is 10.4 Å². The van der Waals surface area contributed by atoms with E-state index >= 15 is 0 Å². The van der Waals surface area contributed by atoms with Crippen LogP contribution < -0.4 is 5.32 Å². The molecule has 19 heavy (non-hydrogen) atoms. The average Bonchev–Trinajstić information content (AvgIpc) is 2.70. The number of hydrogen-bond acceptors (Lipinski definition) is 3. The molecule has 5 heteroatoms. The molecular formula is C14H17N3O2. The Hall–Kier alpha value is -2.30. The molecule has 1 aromatic heterocycles. The third-order valence-corrected chi connectivity index (χ3v) is 3.12. The van der Waals surface area contributed by atoms with Gasteiger partial charge >= 0.3 is 0 Å². The molecule has 0 aliphatic heterocycles. The zero-order valence-electron chi connectivity index (χ0n) is 11.0. The number of aryl methyl sites for hydroxylation is 2. The first-order valence-electron chi connectivity index (χ1n) is 6.16. The topological polar surface area (TPSA) is 78.0 Å². The highest BCUT2D eigenvalue weighted by Crippen LogP contribution is 2.18. The van der Waals surface area contributed by atoms with Crippen molar-refractivity contribution in [1.82, 2.24) is 10.2 Å². The number of benzene rings is 1. The van der Waals surface area contributed by atoms with E-state index in [0.29, 0.717) is 18.7 Å². The monoisotopic (exact) mass is 259 g/mol. The highest BCUT2D eigenvalue weighted by Gasteiger charge is 2.10. The Morgan fingerprint density at radius 2 is 2.11 bits per heavy atom. The maximum Gasteiger partial charge on any atom is 0.225 e. The van der Waals surface area contributed by atoms with E-state index in [2.05, 4.69) is 15.5 Å². The van der Waals surface area contributed by atoms with E-state index in [1.807, 2.05) is 26.0 Å². The molecule has 1 heterocycles. The number of hydrogen-bond donors (Lipinski definition) is 3. The molecule has 2 aromatic rings. The van der Waals surface area contributed by atoms with E-state index in [1.54, 1.807) is 12.1 Å². The molecule has 0 aliphatic carbocycles. The molecule has 0 atom stereocenters. The quantitative estimate of drug-likeness (QED) is 0.788. The Bertz CT molecular complexity index is 590. The van der Waals surface area contributed by atoms with Crippen LogP contribution in [-0.4, -0.2) is 21.2 Å². The molecule has 3 N–H and O–H groups in total. The molecule has 0 saturated carbocycles. The zero-order valence-corrected chi connectivity index (χ0v) is 11.0. The van der Waals surface area contributed by atoms with Gasteiger partial charge in [-0.25, -0.2) is 0 Å². The number of anilines is 1. The number of rotatable bonds is 4. The number of aromatic hydroxyl groups is 1. The fraction of sp³-hybridized carbons (Fsp3) is 0.286. The summed E-state index contributed by atoms with van der Waals surface area (Å²) in [7, 11) is 0. The summed E-state index contributed by atoms with van der Waals surface area (Å²) in [6.45, 7) is 3.80. The summed E-state index contributed by atoms with van der Waals surface area (Å²) in [5, 5.41) is 19.2. The molecule has 0 radical (unpaired) electrons. The number of amides is 1. The number of nitrogens with one attached hydrogen (secondary N) is 2. The van der Waals surface area contributed by atoms with E-state index in [0.717, 1.165) is 16.8 Å². The average molecular weight is 259 g/mol. The van der Waals surface area contributed by atoms with Crippen LogP contribution in [0.15, 0.2) is 24.3 Å². The van der Waals surface area contributed by atoms with Gasteiger partial charge in [-0.2, -0.15) is 5.10 Å². The number of phenolic OH excluding ortho intramolecular Hbond substituents is 1. The van der Waals surface area contributed by atoms with Crippen molar-refractivity contribution < 1.29 is 9.90 Å². The minimum Gasteiger partial charge on any atom is -0.508 e. The third kappa shape index (κ3) is 3.13. The maximum atomic E-state index is 11.8. The Balaban J connectivity index is 1.92. The Kier molecular flexibility index (Phi) is 3.85. The number of aromatic amines is 1. The minimum atomic E-state index is -0.113. The third-order valence-electron chi connectivity index (χ3n) is 3.12. The summed E-state index contributed by atoms with van der Waals surface area (Å²) in [5.74, 6) is 0.680. The highest BCUT2D eigenvalue weighted by atomic mass is 16.3. The van der Waals surface area contributed by atoms with Gasteiger partial charge in [0.2, 0.25) is 5.91 Å². The molecule has 100 valence electrons. The van der Waals surface area contributed by atoms with Crippen LogP contribution in [0.3, 0.4) is 0 Å². The predicted octanol–water partition coefficient (Wildman–Crippen LogP) is 2.30. The SMILES string of the molecule is Cc1[nH]nc(NC(=O)CCc2ccccc2O)c1C. The van der Waals surface area contributed by atoms with Gasteiger partial charge in [0.05, 0.1) is 0 Å². The molecule has 0 spiro atoms. The number of H-pyrrole nitrogens is 1. The van der Waals surface area contributed by atoms with Gasteiger partial charge in [-0.05, 0) is 31.9 Å². The maximum absolute atomic E-state index is 11.8. The lowest BCUT2D eigenvalue weighted by Crippen LogP contribution is -2.13. The molecule has 0 unspecified atom stereocenters. The zero-order chi connectivity index (χ0) is 13.8. The lowest BCUT2D eigenvalue weighted by atomic mass is 10.1. The molecule has 0 bridgehead atoms. The van der Waals surface area contributed by atoms with E-state index in [-0.39, 0.29) is 11.7 Å². The summed E-state index contributed by atoms with van der Waals surface area (Å²) < 4.78 is 0. The van der Waals surface area contributed by atoms with Crippen molar-refractivity contribution in [3.63, 3.8) is 0 Å². The Morgan fingerprint density at radius 3 is 2.74 bits per heavy atom. The van der Waals surface area contributed by atoms with Gasteiger partial charge in [0.1, 0.15) is 5.75 Å². The van der Waals surface area contributed by atoms with Crippen LogP contribution in [0.25, 0.3) is 0 Å². The first-order chi connectivity index (χ1) is 9.08. The number of nitrogens with zero attached hydrogens (tertiary/aromatic N) is 1. The number of para-hydroxylation sites is 1. The van der Waals surface area contributed by atoms with Gasteiger partial charge in [-0.15, -0.1) is 0 Å². The van der Waals surface area contributed by atoms with Crippen molar-refractivity contribution in [2.45, 2.75) is 26.7 Å². The van der Waals surface area contributed by atoms with Crippen LogP contribution in [-0.2, 0) is 11.2 Å². The highest BCUT2D eigenvalue weighted by molar-refractivity contribution is 5.90. The summed E-state index contributed by atoms with van der Waals surface area (Å²) >= 11 is 0. The molecule has 2 rings (SSSR count). The second-order valence-corrected chi connectivity index (χ2v) is 4.50. The molecule has 1 amide bonds. The molecule has 0 saturated heterocycles. The largest absolute Gasteiger partial charge is 0.508 e. The molecule has 0 aliphatic rings. The van der Waals surface area contributed by atoms with Crippen molar-refractivity contribution in [3.8, 4) is 5.75 Å². The number of carbonyl (C=O) groups is 1. The number of phenols is 1. The molecule has 0 fully saturated rings. The van der Waals surface area contributed by atoms with Crippen LogP contribution in [0.4, 0.5) is 5.82 Å². The van der Waals surface area contributed by atoms with Crippen LogP contribution in [0.1, 0.15) is 23.2 Å². The standard InChI is InChI=1S/C14H17N3O2/c1-9-10(2)16-17-14(9)15-13(19)8-7-11-5-3-4-6-12(11)18/h3-6,18H,7-8H2,1-2H3,(H2,15,16,17,19). The molecule has 5 nitrogen and oxygen atoms in total. The number of carbonyl (C=O) groups excluding carboxylic acids is 1.